The first kappa shape index (κ1) is 22.2. The number of likely N-dealkylation sites (N-methyl/N-ethyl adjacent to an activating group) is 1. The Balaban J connectivity index is 1.73. The van der Waals surface area contributed by atoms with Crippen LogP contribution in [-0.4, -0.2) is 42.9 Å². The van der Waals surface area contributed by atoms with Crippen LogP contribution in [0, 0.1) is 11.3 Å². The van der Waals surface area contributed by atoms with Crippen LogP contribution < -0.4 is 15.0 Å². The summed E-state index contributed by atoms with van der Waals surface area (Å²) < 4.78 is 4.32. The second kappa shape index (κ2) is 8.68. The number of benzene rings is 2. The van der Waals surface area contributed by atoms with Crippen molar-refractivity contribution < 1.29 is 14.6 Å². The SMILES string of the molecule is CN1C(=O)C(C#N)(c2ccc(OCC(O)CNC(C)(C)C)cc2)Sc2ccccc21. The minimum atomic E-state index is -1.35. The predicted molar refractivity (Wildman–Crippen MR) is 119 cm³/mol. The van der Waals surface area contributed by atoms with Gasteiger partial charge in [0.1, 0.15) is 18.5 Å². The van der Waals surface area contributed by atoms with Crippen LogP contribution in [0.1, 0.15) is 26.3 Å². The predicted octanol–water partition coefficient (Wildman–Crippen LogP) is 3.30. The lowest BCUT2D eigenvalue weighted by atomic mass is 9.97. The molecular weight excluding hydrogens is 398 g/mol. The lowest BCUT2D eigenvalue weighted by molar-refractivity contribution is -0.119. The molecule has 7 heteroatoms. The number of para-hydroxylation sites is 1. The number of thioether (sulfide) groups is 1. The Morgan fingerprint density at radius 1 is 1.23 bits per heavy atom. The van der Waals surface area contributed by atoms with E-state index in [4.69, 9.17) is 4.74 Å². The third kappa shape index (κ3) is 4.62. The number of nitriles is 1. The van der Waals surface area contributed by atoms with Crippen molar-refractivity contribution >= 4 is 23.4 Å². The monoisotopic (exact) mass is 425 g/mol. The van der Waals surface area contributed by atoms with E-state index >= 15 is 0 Å². The smallest absolute Gasteiger partial charge is 0.262 e. The third-order valence-corrected chi connectivity index (χ3v) is 6.20. The number of anilines is 1. The van der Waals surface area contributed by atoms with Gasteiger partial charge in [-0.25, -0.2) is 0 Å². The van der Waals surface area contributed by atoms with Gasteiger partial charge in [-0.3, -0.25) is 4.79 Å². The maximum atomic E-state index is 13.1. The zero-order valence-corrected chi connectivity index (χ0v) is 18.5. The molecule has 2 aromatic rings. The minimum Gasteiger partial charge on any atom is -0.491 e. The molecule has 2 unspecified atom stereocenters. The largest absolute Gasteiger partial charge is 0.491 e. The molecule has 0 spiro atoms. The van der Waals surface area contributed by atoms with E-state index in [0.29, 0.717) is 17.9 Å². The molecule has 2 N–H and O–H groups in total. The van der Waals surface area contributed by atoms with Gasteiger partial charge in [0.15, 0.2) is 0 Å². The van der Waals surface area contributed by atoms with Gasteiger partial charge in [-0.05, 0) is 50.6 Å². The van der Waals surface area contributed by atoms with Crippen molar-refractivity contribution in [3.8, 4) is 11.8 Å². The van der Waals surface area contributed by atoms with Gasteiger partial charge < -0.3 is 20.1 Å². The van der Waals surface area contributed by atoms with Gasteiger partial charge in [0.25, 0.3) is 5.91 Å². The Labute approximate surface area is 181 Å². The summed E-state index contributed by atoms with van der Waals surface area (Å²) in [6.07, 6.45) is -0.644. The molecule has 158 valence electrons. The number of aliphatic hydroxyl groups is 1. The van der Waals surface area contributed by atoms with E-state index < -0.39 is 10.9 Å². The number of nitrogens with one attached hydrogen (secondary N) is 1. The van der Waals surface area contributed by atoms with Gasteiger partial charge in [0.05, 0.1) is 11.8 Å². The van der Waals surface area contributed by atoms with E-state index in [1.165, 1.54) is 16.7 Å². The van der Waals surface area contributed by atoms with Crippen molar-refractivity contribution in [1.82, 2.24) is 5.32 Å². The fraction of sp³-hybridized carbons (Fsp3) is 0.391. The van der Waals surface area contributed by atoms with Crippen LogP contribution in [0.4, 0.5) is 5.69 Å². The zero-order valence-electron chi connectivity index (χ0n) is 17.7. The molecule has 0 fully saturated rings. The molecule has 1 amide bonds. The van der Waals surface area contributed by atoms with Crippen molar-refractivity contribution in [3.05, 3.63) is 54.1 Å². The average Bonchev–Trinajstić information content (AvgIpc) is 2.73. The number of nitrogens with zero attached hydrogens (tertiary/aromatic N) is 2. The lowest BCUT2D eigenvalue weighted by Gasteiger charge is -2.36. The Morgan fingerprint density at radius 2 is 1.90 bits per heavy atom. The first-order valence-electron chi connectivity index (χ1n) is 9.80. The lowest BCUT2D eigenvalue weighted by Crippen LogP contribution is -2.45. The van der Waals surface area contributed by atoms with Crippen LogP contribution >= 0.6 is 11.8 Å². The van der Waals surface area contributed by atoms with E-state index in [1.54, 1.807) is 31.3 Å². The van der Waals surface area contributed by atoms with Gasteiger partial charge in [-0.1, -0.05) is 36.0 Å². The fourth-order valence-corrected chi connectivity index (χ4v) is 4.46. The molecule has 1 aliphatic heterocycles. The topological polar surface area (TPSA) is 85.6 Å². The molecule has 30 heavy (non-hydrogen) atoms. The fourth-order valence-electron chi connectivity index (χ4n) is 3.15. The second-order valence-electron chi connectivity index (χ2n) is 8.35. The molecule has 0 radical (unpaired) electrons. The summed E-state index contributed by atoms with van der Waals surface area (Å²) in [4.78, 5) is 15.5. The Hall–Kier alpha value is -2.53. The second-order valence-corrected chi connectivity index (χ2v) is 9.60. The zero-order chi connectivity index (χ0) is 21.9. The maximum Gasteiger partial charge on any atom is 0.262 e. The highest BCUT2D eigenvalue weighted by atomic mass is 32.2. The van der Waals surface area contributed by atoms with Gasteiger partial charge in [-0.15, -0.1) is 0 Å². The number of aliphatic hydroxyl groups excluding tert-OH is 1. The number of ether oxygens (including phenoxy) is 1. The molecule has 0 aromatic heterocycles. The number of rotatable bonds is 6. The Kier molecular flexibility index (Phi) is 6.41. The molecule has 3 rings (SSSR count). The normalized spacial score (nSPS) is 19.7. The van der Waals surface area contributed by atoms with Gasteiger partial charge in [-0.2, -0.15) is 5.26 Å². The van der Waals surface area contributed by atoms with Gasteiger partial charge in [0, 0.05) is 24.0 Å². The highest BCUT2D eigenvalue weighted by molar-refractivity contribution is 8.01. The third-order valence-electron chi connectivity index (χ3n) is 4.82. The summed E-state index contributed by atoms with van der Waals surface area (Å²) in [6.45, 7) is 6.67. The number of carbonyl (C=O) groups is 1. The Morgan fingerprint density at radius 3 is 2.53 bits per heavy atom. The van der Waals surface area contributed by atoms with E-state index in [-0.39, 0.29) is 18.1 Å². The first-order chi connectivity index (χ1) is 14.2. The molecule has 0 aliphatic carbocycles. The first-order valence-corrected chi connectivity index (χ1v) is 10.6. The number of β-amino-alcohol motifs (C(OH)–C–C–N with tert-alkyl or cyclic N) is 1. The van der Waals surface area contributed by atoms with Crippen LogP contribution in [0.5, 0.6) is 5.75 Å². The molecule has 0 saturated heterocycles. The molecule has 6 nitrogen and oxygen atoms in total. The number of hydrogen-bond donors (Lipinski definition) is 2. The average molecular weight is 426 g/mol. The van der Waals surface area contributed by atoms with Crippen molar-refractivity contribution in [2.24, 2.45) is 0 Å². The van der Waals surface area contributed by atoms with Crippen LogP contribution in [0.2, 0.25) is 0 Å². The van der Waals surface area contributed by atoms with Crippen molar-refractivity contribution in [2.45, 2.75) is 42.1 Å². The van der Waals surface area contributed by atoms with Gasteiger partial charge >= 0.3 is 0 Å². The van der Waals surface area contributed by atoms with Crippen molar-refractivity contribution in [1.29, 1.82) is 5.26 Å². The molecular formula is C23H27N3O3S. The summed E-state index contributed by atoms with van der Waals surface area (Å²) in [5.74, 6) is 0.301. The molecule has 2 atom stereocenters. The quantitative estimate of drug-likeness (QED) is 0.739. The Bertz CT molecular complexity index is 949. The molecule has 1 heterocycles. The molecule has 0 saturated carbocycles. The van der Waals surface area contributed by atoms with Crippen molar-refractivity contribution in [2.75, 3.05) is 25.1 Å². The summed E-state index contributed by atoms with van der Waals surface area (Å²) in [5, 5.41) is 23.3. The molecule has 1 aliphatic rings. The summed E-state index contributed by atoms with van der Waals surface area (Å²) in [6, 6.07) is 16.7. The van der Waals surface area contributed by atoms with Gasteiger partial charge in [0.2, 0.25) is 4.75 Å². The minimum absolute atomic E-state index is 0.0791. The summed E-state index contributed by atoms with van der Waals surface area (Å²) >= 11 is 1.26. The van der Waals surface area contributed by atoms with E-state index in [0.717, 1.165) is 10.6 Å². The summed E-state index contributed by atoms with van der Waals surface area (Å²) in [5.41, 5.74) is 1.32. The molecule has 0 bridgehead atoms. The standard InChI is InChI=1S/C23H27N3O3S/c1-22(2,3)25-13-17(27)14-29-18-11-9-16(10-12-18)23(15-24)21(28)26(4)19-7-5-6-8-20(19)30-23/h5-12,17,25,27H,13-14H2,1-4H3. The van der Waals surface area contributed by atoms with E-state index in [9.17, 15) is 15.2 Å². The van der Waals surface area contributed by atoms with Crippen LogP contribution in [0.15, 0.2) is 53.4 Å². The van der Waals surface area contributed by atoms with Crippen molar-refractivity contribution in [3.63, 3.8) is 0 Å². The number of hydrogen-bond acceptors (Lipinski definition) is 6. The summed E-state index contributed by atoms with van der Waals surface area (Å²) in [7, 11) is 1.69. The maximum absolute atomic E-state index is 13.1. The number of carbonyl (C=O) groups excluding carboxylic acids is 1. The van der Waals surface area contributed by atoms with Crippen LogP contribution in [0.25, 0.3) is 0 Å². The number of amides is 1. The highest BCUT2D eigenvalue weighted by Gasteiger charge is 2.48. The van der Waals surface area contributed by atoms with Crippen LogP contribution in [-0.2, 0) is 9.54 Å². The van der Waals surface area contributed by atoms with Crippen LogP contribution in [0.3, 0.4) is 0 Å². The molecule has 2 aromatic carbocycles. The highest BCUT2D eigenvalue weighted by Crippen LogP contribution is 2.50. The number of fused-ring (bicyclic) bond motifs is 1. The van der Waals surface area contributed by atoms with E-state index in [1.807, 2.05) is 45.0 Å². The van der Waals surface area contributed by atoms with E-state index in [2.05, 4.69) is 11.4 Å².